The minimum absolute atomic E-state index is 0.0640. The Labute approximate surface area is 117 Å². The molecule has 0 bridgehead atoms. The second-order valence-corrected chi connectivity index (χ2v) is 5.67. The molecular weight excluding hydrogens is 278 g/mol. The summed E-state index contributed by atoms with van der Waals surface area (Å²) in [5.41, 5.74) is 1.30. The fourth-order valence-corrected chi connectivity index (χ4v) is 2.56. The summed E-state index contributed by atoms with van der Waals surface area (Å²) in [5.74, 6) is 0. The van der Waals surface area contributed by atoms with Crippen molar-refractivity contribution in [3.05, 3.63) is 59.4 Å². The van der Waals surface area contributed by atoms with Crippen molar-refractivity contribution in [2.45, 2.75) is 11.9 Å². The lowest BCUT2D eigenvalue weighted by Crippen LogP contribution is -2.38. The van der Waals surface area contributed by atoms with Crippen molar-refractivity contribution in [3.63, 3.8) is 0 Å². The van der Waals surface area contributed by atoms with Gasteiger partial charge in [-0.3, -0.25) is 4.55 Å². The quantitative estimate of drug-likeness (QED) is 0.712. The molecule has 1 aromatic carbocycles. The van der Waals surface area contributed by atoms with Gasteiger partial charge in [0, 0.05) is 6.54 Å². The van der Waals surface area contributed by atoms with Crippen LogP contribution in [0.5, 0.6) is 0 Å². The number of rotatable bonds is 4. The van der Waals surface area contributed by atoms with Crippen LogP contribution in [0.1, 0.15) is 5.56 Å². The average Bonchev–Trinajstić information content (AvgIpc) is 2.44. The number of nitriles is 1. The summed E-state index contributed by atoms with van der Waals surface area (Å²) >= 11 is 0. The SMILES string of the molecule is N#CC1=C(NCc2ccccc2)C=CNC1S(=O)(=O)O. The van der Waals surface area contributed by atoms with Gasteiger partial charge in [-0.2, -0.15) is 13.7 Å². The molecule has 0 spiro atoms. The predicted molar refractivity (Wildman–Crippen MR) is 73.5 cm³/mol. The summed E-state index contributed by atoms with van der Waals surface area (Å²) in [7, 11) is -4.39. The first-order valence-electron chi connectivity index (χ1n) is 5.83. The van der Waals surface area contributed by atoms with E-state index in [0.717, 1.165) is 5.56 Å². The van der Waals surface area contributed by atoms with Crippen LogP contribution in [-0.2, 0) is 16.7 Å². The van der Waals surface area contributed by atoms with Gasteiger partial charge in [0.25, 0.3) is 10.1 Å². The second kappa shape index (κ2) is 5.77. The smallest absolute Gasteiger partial charge is 0.291 e. The van der Waals surface area contributed by atoms with Crippen LogP contribution >= 0.6 is 0 Å². The van der Waals surface area contributed by atoms with Crippen LogP contribution in [0.2, 0.25) is 0 Å². The third-order valence-electron chi connectivity index (χ3n) is 2.79. The van der Waals surface area contributed by atoms with Gasteiger partial charge in [-0.25, -0.2) is 0 Å². The normalized spacial score (nSPS) is 18.3. The van der Waals surface area contributed by atoms with E-state index in [1.54, 1.807) is 6.08 Å². The second-order valence-electron chi connectivity index (χ2n) is 4.17. The third-order valence-corrected chi connectivity index (χ3v) is 3.76. The first-order valence-corrected chi connectivity index (χ1v) is 7.33. The van der Waals surface area contributed by atoms with Crippen molar-refractivity contribution >= 4 is 10.1 Å². The lowest BCUT2D eigenvalue weighted by atomic mass is 10.1. The van der Waals surface area contributed by atoms with E-state index in [9.17, 15) is 8.42 Å². The summed E-state index contributed by atoms with van der Waals surface area (Å²) in [4.78, 5) is 0. The van der Waals surface area contributed by atoms with Crippen LogP contribution in [0.3, 0.4) is 0 Å². The van der Waals surface area contributed by atoms with Crippen LogP contribution in [0, 0.1) is 11.3 Å². The van der Waals surface area contributed by atoms with E-state index < -0.39 is 15.5 Å². The van der Waals surface area contributed by atoms with Crippen molar-refractivity contribution in [1.82, 2.24) is 10.6 Å². The van der Waals surface area contributed by atoms with Crippen LogP contribution in [0.25, 0.3) is 0 Å². The molecule has 7 heteroatoms. The summed E-state index contributed by atoms with van der Waals surface area (Å²) in [6.07, 6.45) is 2.94. The minimum Gasteiger partial charge on any atom is -0.380 e. The minimum atomic E-state index is -4.39. The first-order chi connectivity index (χ1) is 9.52. The Hall–Kier alpha value is -2.30. The fraction of sp³-hybridized carbons (Fsp3) is 0.154. The highest BCUT2D eigenvalue weighted by molar-refractivity contribution is 7.86. The molecule has 1 unspecified atom stereocenters. The molecule has 6 nitrogen and oxygen atoms in total. The van der Waals surface area contributed by atoms with Crippen molar-refractivity contribution in [2.24, 2.45) is 0 Å². The Balaban J connectivity index is 2.22. The fourth-order valence-electron chi connectivity index (χ4n) is 1.83. The van der Waals surface area contributed by atoms with Gasteiger partial charge in [0.15, 0.2) is 5.37 Å². The Kier molecular flexibility index (Phi) is 4.08. The van der Waals surface area contributed by atoms with Gasteiger partial charge in [0.05, 0.1) is 11.3 Å². The highest BCUT2D eigenvalue weighted by Gasteiger charge is 2.30. The Morgan fingerprint density at radius 3 is 2.65 bits per heavy atom. The Bertz CT molecular complexity index is 687. The number of allylic oxidation sites excluding steroid dienone is 1. The van der Waals surface area contributed by atoms with E-state index >= 15 is 0 Å². The lowest BCUT2D eigenvalue weighted by Gasteiger charge is -2.21. The molecule has 0 saturated heterocycles. The Morgan fingerprint density at radius 1 is 1.35 bits per heavy atom. The van der Waals surface area contributed by atoms with Crippen molar-refractivity contribution < 1.29 is 13.0 Å². The monoisotopic (exact) mass is 291 g/mol. The van der Waals surface area contributed by atoms with Crippen LogP contribution in [-0.4, -0.2) is 18.3 Å². The zero-order valence-corrected chi connectivity index (χ0v) is 11.3. The molecule has 2 rings (SSSR count). The molecule has 0 fully saturated rings. The van der Waals surface area contributed by atoms with Gasteiger partial charge in [-0.15, -0.1) is 0 Å². The van der Waals surface area contributed by atoms with Gasteiger partial charge in [0.2, 0.25) is 0 Å². The first kappa shape index (κ1) is 14.1. The third kappa shape index (κ3) is 3.17. The van der Waals surface area contributed by atoms with E-state index in [2.05, 4.69) is 10.6 Å². The molecule has 0 aromatic heterocycles. The van der Waals surface area contributed by atoms with E-state index in [0.29, 0.717) is 12.2 Å². The highest BCUT2D eigenvalue weighted by atomic mass is 32.2. The molecule has 1 atom stereocenters. The molecule has 1 aliphatic rings. The molecule has 1 aromatic rings. The molecule has 20 heavy (non-hydrogen) atoms. The Morgan fingerprint density at radius 2 is 2.05 bits per heavy atom. The molecule has 104 valence electrons. The number of dihydropyridines is 1. The molecule has 1 aliphatic heterocycles. The summed E-state index contributed by atoms with van der Waals surface area (Å²) in [6.45, 7) is 0.448. The van der Waals surface area contributed by atoms with Crippen LogP contribution in [0.15, 0.2) is 53.9 Å². The molecule has 1 heterocycles. The zero-order valence-electron chi connectivity index (χ0n) is 10.4. The lowest BCUT2D eigenvalue weighted by molar-refractivity contribution is 0.467. The number of hydrogen-bond donors (Lipinski definition) is 3. The standard InChI is InChI=1S/C13H13N3O3S/c14-8-11-12(6-7-15-13(11)20(17,18)19)16-9-10-4-2-1-3-5-10/h1-7,13,15-16H,9H2,(H,17,18,19). The van der Waals surface area contributed by atoms with Gasteiger partial charge in [-0.05, 0) is 17.8 Å². The topological polar surface area (TPSA) is 102 Å². The van der Waals surface area contributed by atoms with Crippen LogP contribution < -0.4 is 10.6 Å². The molecule has 3 N–H and O–H groups in total. The molecule has 0 amide bonds. The van der Waals surface area contributed by atoms with E-state index in [1.807, 2.05) is 36.4 Å². The van der Waals surface area contributed by atoms with Gasteiger partial charge >= 0.3 is 0 Å². The maximum Gasteiger partial charge on any atom is 0.291 e. The predicted octanol–water partition coefficient (Wildman–Crippen LogP) is 0.885. The molecule has 0 radical (unpaired) electrons. The summed E-state index contributed by atoms with van der Waals surface area (Å²) in [6, 6.07) is 11.3. The van der Waals surface area contributed by atoms with Crippen molar-refractivity contribution in [2.75, 3.05) is 0 Å². The largest absolute Gasteiger partial charge is 0.380 e. The van der Waals surface area contributed by atoms with E-state index in [-0.39, 0.29) is 5.57 Å². The van der Waals surface area contributed by atoms with Gasteiger partial charge < -0.3 is 10.6 Å². The maximum absolute atomic E-state index is 11.2. The average molecular weight is 291 g/mol. The summed E-state index contributed by atoms with van der Waals surface area (Å²) < 4.78 is 31.6. The zero-order chi connectivity index (χ0) is 14.6. The number of hydrogen-bond acceptors (Lipinski definition) is 5. The number of nitrogens with one attached hydrogen (secondary N) is 2. The van der Waals surface area contributed by atoms with Crippen LogP contribution in [0.4, 0.5) is 0 Å². The van der Waals surface area contributed by atoms with Crippen molar-refractivity contribution in [1.29, 1.82) is 5.26 Å². The maximum atomic E-state index is 11.2. The number of benzene rings is 1. The molecule has 0 saturated carbocycles. The summed E-state index contributed by atoms with van der Waals surface area (Å²) in [5, 5.41) is 13.1. The molecule has 0 aliphatic carbocycles. The van der Waals surface area contributed by atoms with Gasteiger partial charge in [-0.1, -0.05) is 30.3 Å². The highest BCUT2D eigenvalue weighted by Crippen LogP contribution is 2.17. The van der Waals surface area contributed by atoms with E-state index in [1.165, 1.54) is 6.20 Å². The van der Waals surface area contributed by atoms with Crippen molar-refractivity contribution in [3.8, 4) is 6.07 Å². The number of nitrogens with zero attached hydrogens (tertiary/aromatic N) is 1. The van der Waals surface area contributed by atoms with Gasteiger partial charge in [0.1, 0.15) is 6.07 Å². The van der Waals surface area contributed by atoms with E-state index in [4.69, 9.17) is 9.81 Å². The molecular formula is C13H13N3O3S.